The first-order valence-corrected chi connectivity index (χ1v) is 8.02. The van der Waals surface area contributed by atoms with Gasteiger partial charge in [-0.05, 0) is 18.9 Å². The van der Waals surface area contributed by atoms with Crippen molar-refractivity contribution in [2.24, 2.45) is 0 Å². The Labute approximate surface area is 138 Å². The highest BCUT2D eigenvalue weighted by Gasteiger charge is 2.24. The van der Waals surface area contributed by atoms with Gasteiger partial charge in [-0.3, -0.25) is 9.59 Å². The quantitative estimate of drug-likeness (QED) is 0.730. The lowest BCUT2D eigenvalue weighted by atomic mass is 10.1. The fourth-order valence-corrected chi connectivity index (χ4v) is 2.83. The van der Waals surface area contributed by atoms with E-state index in [1.807, 2.05) is 36.4 Å². The second-order valence-electron chi connectivity index (χ2n) is 5.00. The van der Waals surface area contributed by atoms with Crippen LogP contribution in [0.15, 0.2) is 35.7 Å². The molecule has 0 N–H and O–H groups in total. The van der Waals surface area contributed by atoms with Crippen molar-refractivity contribution < 1.29 is 14.3 Å². The fourth-order valence-electron chi connectivity index (χ4n) is 1.97. The lowest BCUT2D eigenvalue weighted by Crippen LogP contribution is -2.20. The largest absolute Gasteiger partial charge is 0.458 e. The predicted molar refractivity (Wildman–Crippen MR) is 85.9 cm³/mol. The number of hydrogen-bond acceptors (Lipinski definition) is 6. The van der Waals surface area contributed by atoms with Crippen molar-refractivity contribution in [3.05, 3.63) is 52.0 Å². The zero-order chi connectivity index (χ0) is 16.7. The van der Waals surface area contributed by atoms with Gasteiger partial charge >= 0.3 is 5.97 Å². The Kier molecular flexibility index (Phi) is 6.01. The Morgan fingerprint density at radius 2 is 2.09 bits per heavy atom. The van der Waals surface area contributed by atoms with E-state index in [0.717, 1.165) is 11.3 Å². The van der Waals surface area contributed by atoms with E-state index in [1.54, 1.807) is 12.3 Å². The molecule has 1 aromatic carbocycles. The van der Waals surface area contributed by atoms with Gasteiger partial charge in [0.2, 0.25) is 0 Å². The average molecular weight is 328 g/mol. The summed E-state index contributed by atoms with van der Waals surface area (Å²) in [5.41, 5.74) is 1.79. The number of aryl methyl sites for hydroxylation is 2. The van der Waals surface area contributed by atoms with Crippen LogP contribution in [0.3, 0.4) is 0 Å². The molecule has 23 heavy (non-hydrogen) atoms. The van der Waals surface area contributed by atoms with Gasteiger partial charge in [-0.15, -0.1) is 11.3 Å². The van der Waals surface area contributed by atoms with E-state index in [4.69, 9.17) is 10.00 Å². The lowest BCUT2D eigenvalue weighted by molar-refractivity contribution is -0.148. The molecule has 0 aliphatic rings. The first-order chi connectivity index (χ1) is 11.1. The van der Waals surface area contributed by atoms with Gasteiger partial charge in [0.05, 0.1) is 6.07 Å². The molecule has 1 heterocycles. The van der Waals surface area contributed by atoms with Crippen molar-refractivity contribution in [2.75, 3.05) is 6.61 Å². The third-order valence-corrected chi connectivity index (χ3v) is 4.20. The van der Waals surface area contributed by atoms with Crippen LogP contribution in [0.2, 0.25) is 0 Å². The number of carbonyl (C=O) groups excluding carboxylic acids is 2. The molecular weight excluding hydrogens is 312 g/mol. The Morgan fingerprint density at radius 1 is 1.35 bits per heavy atom. The van der Waals surface area contributed by atoms with Crippen LogP contribution in [0, 0.1) is 18.3 Å². The highest BCUT2D eigenvalue weighted by molar-refractivity contribution is 7.09. The standard InChI is InChI=1S/C17H16N2O3S/c1-12-11-23-17(19-12)14(9-18)15(20)10-22-16(21)8-7-13-5-3-2-4-6-13/h2-6,11,14H,7-8,10H2,1H3/t14-/m0/s1. The summed E-state index contributed by atoms with van der Waals surface area (Å²) in [7, 11) is 0. The number of ketones is 1. The number of rotatable bonds is 7. The molecule has 0 bridgehead atoms. The molecule has 1 aromatic heterocycles. The third kappa shape index (κ3) is 5.01. The average Bonchev–Trinajstić information content (AvgIpc) is 2.98. The topological polar surface area (TPSA) is 80.0 Å². The summed E-state index contributed by atoms with van der Waals surface area (Å²) in [5, 5.41) is 11.3. The van der Waals surface area contributed by atoms with E-state index >= 15 is 0 Å². The molecule has 0 unspecified atom stereocenters. The van der Waals surface area contributed by atoms with E-state index in [-0.39, 0.29) is 6.42 Å². The fraction of sp³-hybridized carbons (Fsp3) is 0.294. The van der Waals surface area contributed by atoms with Crippen molar-refractivity contribution in [3.8, 4) is 6.07 Å². The second-order valence-corrected chi connectivity index (χ2v) is 5.89. The molecule has 2 rings (SSSR count). The number of esters is 1. The van der Waals surface area contributed by atoms with Gasteiger partial charge < -0.3 is 4.74 Å². The summed E-state index contributed by atoms with van der Waals surface area (Å²) >= 11 is 1.26. The molecule has 2 aromatic rings. The minimum absolute atomic E-state index is 0.199. The minimum Gasteiger partial charge on any atom is -0.458 e. The maximum absolute atomic E-state index is 12.0. The van der Waals surface area contributed by atoms with Gasteiger partial charge in [0.15, 0.2) is 18.3 Å². The van der Waals surface area contributed by atoms with Crippen molar-refractivity contribution >= 4 is 23.1 Å². The lowest BCUT2D eigenvalue weighted by Gasteiger charge is -2.07. The Bertz CT molecular complexity index is 719. The van der Waals surface area contributed by atoms with Crippen LogP contribution in [0.1, 0.15) is 28.6 Å². The molecule has 118 valence electrons. The number of nitriles is 1. The number of hydrogen-bond donors (Lipinski definition) is 0. The summed E-state index contributed by atoms with van der Waals surface area (Å²) in [6.07, 6.45) is 0.756. The number of ether oxygens (including phenoxy) is 1. The first-order valence-electron chi connectivity index (χ1n) is 7.14. The number of carbonyl (C=O) groups is 2. The monoisotopic (exact) mass is 328 g/mol. The summed E-state index contributed by atoms with van der Waals surface area (Å²) < 4.78 is 4.97. The molecule has 0 aliphatic carbocycles. The zero-order valence-corrected chi connectivity index (χ0v) is 13.5. The number of thiazole rings is 1. The SMILES string of the molecule is Cc1csc([C@@H](C#N)C(=O)COC(=O)CCc2ccccc2)n1. The summed E-state index contributed by atoms with van der Waals surface area (Å²) in [6, 6.07) is 11.5. The van der Waals surface area contributed by atoms with Crippen LogP contribution in [-0.4, -0.2) is 23.3 Å². The maximum Gasteiger partial charge on any atom is 0.306 e. The first kappa shape index (κ1) is 16.8. The van der Waals surface area contributed by atoms with E-state index in [1.165, 1.54) is 11.3 Å². The molecule has 0 saturated carbocycles. The zero-order valence-electron chi connectivity index (χ0n) is 12.7. The molecular formula is C17H16N2O3S. The number of nitrogens with zero attached hydrogens (tertiary/aromatic N) is 2. The van der Waals surface area contributed by atoms with Crippen molar-refractivity contribution in [2.45, 2.75) is 25.7 Å². The van der Waals surface area contributed by atoms with E-state index in [0.29, 0.717) is 11.4 Å². The third-order valence-electron chi connectivity index (χ3n) is 3.17. The predicted octanol–water partition coefficient (Wildman–Crippen LogP) is 2.80. The van der Waals surface area contributed by atoms with Crippen molar-refractivity contribution in [1.29, 1.82) is 5.26 Å². The molecule has 6 heteroatoms. The summed E-state index contributed by atoms with van der Waals surface area (Å²) in [4.78, 5) is 27.9. The van der Waals surface area contributed by atoms with Crippen LogP contribution in [-0.2, 0) is 20.7 Å². The molecule has 0 aliphatic heterocycles. The van der Waals surface area contributed by atoms with Crippen LogP contribution in [0.5, 0.6) is 0 Å². The molecule has 0 saturated heterocycles. The Balaban J connectivity index is 1.81. The highest BCUT2D eigenvalue weighted by Crippen LogP contribution is 2.20. The second kappa shape index (κ2) is 8.20. The highest BCUT2D eigenvalue weighted by atomic mass is 32.1. The van der Waals surface area contributed by atoms with Gasteiger partial charge in [0, 0.05) is 17.5 Å². The van der Waals surface area contributed by atoms with Gasteiger partial charge in [0.25, 0.3) is 0 Å². The molecule has 1 atom stereocenters. The number of benzene rings is 1. The Hall–Kier alpha value is -2.52. The molecule has 0 radical (unpaired) electrons. The Morgan fingerprint density at radius 3 is 2.70 bits per heavy atom. The van der Waals surface area contributed by atoms with Crippen LogP contribution >= 0.6 is 11.3 Å². The van der Waals surface area contributed by atoms with Crippen LogP contribution in [0.4, 0.5) is 0 Å². The van der Waals surface area contributed by atoms with Gasteiger partial charge in [0.1, 0.15) is 5.01 Å². The van der Waals surface area contributed by atoms with Gasteiger partial charge in [-0.25, -0.2) is 4.98 Å². The summed E-state index contributed by atoms with van der Waals surface area (Å²) in [6.45, 7) is 1.40. The summed E-state index contributed by atoms with van der Waals surface area (Å²) in [5.74, 6) is -1.88. The van der Waals surface area contributed by atoms with Crippen LogP contribution in [0.25, 0.3) is 0 Å². The molecule has 0 amide bonds. The van der Waals surface area contributed by atoms with E-state index < -0.39 is 24.3 Å². The van der Waals surface area contributed by atoms with Gasteiger partial charge in [-0.2, -0.15) is 5.26 Å². The maximum atomic E-state index is 12.0. The molecule has 5 nitrogen and oxygen atoms in total. The number of Topliss-reactive ketones (excluding diaryl/α,β-unsaturated/α-hetero) is 1. The minimum atomic E-state index is -0.976. The van der Waals surface area contributed by atoms with E-state index in [2.05, 4.69) is 4.98 Å². The number of aromatic nitrogens is 1. The molecule has 0 spiro atoms. The smallest absolute Gasteiger partial charge is 0.306 e. The molecule has 0 fully saturated rings. The van der Waals surface area contributed by atoms with Crippen molar-refractivity contribution in [1.82, 2.24) is 4.98 Å². The van der Waals surface area contributed by atoms with Crippen LogP contribution < -0.4 is 0 Å². The van der Waals surface area contributed by atoms with E-state index in [9.17, 15) is 9.59 Å². The normalized spacial score (nSPS) is 11.5. The van der Waals surface area contributed by atoms with Crippen molar-refractivity contribution in [3.63, 3.8) is 0 Å². The van der Waals surface area contributed by atoms with Gasteiger partial charge in [-0.1, -0.05) is 30.3 Å².